The molecular weight excluding hydrogens is 504 g/mol. The van der Waals surface area contributed by atoms with Crippen molar-refractivity contribution in [2.24, 2.45) is 5.92 Å². The van der Waals surface area contributed by atoms with Gasteiger partial charge in [0.2, 0.25) is 5.91 Å². The first-order chi connectivity index (χ1) is 18.8. The largest absolute Gasteiger partial charge is 0.394 e. The molecule has 13 nitrogen and oxygen atoms in total. The molecule has 2 aliphatic heterocycles. The van der Waals surface area contributed by atoms with Crippen molar-refractivity contribution in [2.75, 3.05) is 63.3 Å². The Morgan fingerprint density at radius 3 is 2.87 bits per heavy atom. The first-order valence-corrected chi connectivity index (χ1v) is 13.6. The van der Waals surface area contributed by atoms with Gasteiger partial charge in [-0.3, -0.25) is 9.48 Å². The Morgan fingerprint density at radius 1 is 1.31 bits per heavy atom. The van der Waals surface area contributed by atoms with E-state index in [0.29, 0.717) is 50.5 Å². The van der Waals surface area contributed by atoms with Gasteiger partial charge in [-0.15, -0.1) is 5.10 Å². The van der Waals surface area contributed by atoms with Gasteiger partial charge in [0.1, 0.15) is 11.5 Å². The number of carbonyl (C=O) groups is 2. The fourth-order valence-electron chi connectivity index (χ4n) is 4.73. The van der Waals surface area contributed by atoms with Crippen molar-refractivity contribution in [3.8, 4) is 0 Å². The third-order valence-corrected chi connectivity index (χ3v) is 7.18. The number of aliphatic hydroxyl groups excluding tert-OH is 1. The number of hydrogen-bond donors (Lipinski definition) is 2. The lowest BCUT2D eigenvalue weighted by molar-refractivity contribution is -0.136. The smallest absolute Gasteiger partial charge is 0.321 e. The minimum Gasteiger partial charge on any atom is -0.394 e. The van der Waals surface area contributed by atoms with Gasteiger partial charge in [0.15, 0.2) is 0 Å². The number of morpholine rings is 1. The van der Waals surface area contributed by atoms with Crippen LogP contribution < -0.4 is 10.2 Å². The van der Waals surface area contributed by atoms with E-state index in [1.807, 2.05) is 26.1 Å². The summed E-state index contributed by atoms with van der Waals surface area (Å²) in [6, 6.07) is 3.02. The Bertz CT molecular complexity index is 1090. The normalized spacial score (nSPS) is 21.9. The molecule has 0 aromatic carbocycles. The van der Waals surface area contributed by atoms with Gasteiger partial charge in [0, 0.05) is 70.1 Å². The predicted molar refractivity (Wildman–Crippen MR) is 144 cm³/mol. The van der Waals surface area contributed by atoms with E-state index in [1.54, 1.807) is 33.8 Å². The number of aryl methyl sites for hydroxylation is 1. The van der Waals surface area contributed by atoms with Gasteiger partial charge < -0.3 is 34.6 Å². The molecule has 2 aromatic rings. The second-order valence-corrected chi connectivity index (χ2v) is 10.3. The molecule has 0 aliphatic carbocycles. The minimum atomic E-state index is -0.394. The number of fused-ring (bicyclic) bond motifs is 2. The monoisotopic (exact) mass is 544 g/mol. The number of ether oxygens (including phenoxy) is 2. The van der Waals surface area contributed by atoms with E-state index in [1.165, 1.54) is 0 Å². The van der Waals surface area contributed by atoms with Gasteiger partial charge >= 0.3 is 6.03 Å². The molecule has 3 atom stereocenters. The van der Waals surface area contributed by atoms with E-state index in [-0.39, 0.29) is 43.7 Å². The fourth-order valence-corrected chi connectivity index (χ4v) is 4.73. The number of nitrogens with zero attached hydrogens (tertiary/aromatic N) is 7. The van der Waals surface area contributed by atoms with Crippen molar-refractivity contribution >= 4 is 23.4 Å². The highest BCUT2D eigenvalue weighted by Crippen LogP contribution is 2.20. The molecule has 0 saturated carbocycles. The number of amides is 3. The number of aliphatic hydroxyl groups is 1. The predicted octanol–water partition coefficient (Wildman–Crippen LogP) is 1.20. The summed E-state index contributed by atoms with van der Waals surface area (Å²) in [4.78, 5) is 36.1. The molecule has 4 rings (SSSR count). The Hall–Kier alpha value is -3.29. The molecule has 2 N–H and O–H groups in total. The first-order valence-electron chi connectivity index (χ1n) is 13.6. The molecule has 214 valence electrons. The lowest BCUT2D eigenvalue weighted by Crippen LogP contribution is -2.48. The molecule has 39 heavy (non-hydrogen) atoms. The van der Waals surface area contributed by atoms with E-state index in [2.05, 4.69) is 25.5 Å². The summed E-state index contributed by atoms with van der Waals surface area (Å²) in [5.41, 5.74) is 1.34. The molecule has 2 aromatic heterocycles. The maximum absolute atomic E-state index is 13.2. The third-order valence-electron chi connectivity index (χ3n) is 7.18. The zero-order chi connectivity index (χ0) is 27.8. The summed E-state index contributed by atoms with van der Waals surface area (Å²) >= 11 is 0. The first kappa shape index (κ1) is 28.7. The van der Waals surface area contributed by atoms with E-state index in [4.69, 9.17) is 9.47 Å². The van der Waals surface area contributed by atoms with Crippen LogP contribution in [0.3, 0.4) is 0 Å². The van der Waals surface area contributed by atoms with Crippen molar-refractivity contribution in [1.29, 1.82) is 0 Å². The lowest BCUT2D eigenvalue weighted by atomic mass is 10.0. The summed E-state index contributed by atoms with van der Waals surface area (Å²) in [5.74, 6) is 0.645. The van der Waals surface area contributed by atoms with Gasteiger partial charge in [0.05, 0.1) is 44.8 Å². The van der Waals surface area contributed by atoms with Gasteiger partial charge in [-0.2, -0.15) is 0 Å². The Morgan fingerprint density at radius 2 is 2.10 bits per heavy atom. The summed E-state index contributed by atoms with van der Waals surface area (Å²) in [6.07, 6.45) is 4.08. The molecule has 0 spiro atoms. The molecular formula is C26H40N8O5. The highest BCUT2D eigenvalue weighted by Gasteiger charge is 2.29. The highest BCUT2D eigenvalue weighted by molar-refractivity contribution is 5.89. The van der Waals surface area contributed by atoms with Crippen molar-refractivity contribution in [3.63, 3.8) is 0 Å². The number of aromatic nitrogens is 4. The van der Waals surface area contributed by atoms with E-state index >= 15 is 0 Å². The number of likely N-dealkylation sites (N-methyl/N-ethyl adjacent to an activating group) is 1. The second-order valence-electron chi connectivity index (χ2n) is 10.3. The topological polar surface area (TPSA) is 138 Å². The highest BCUT2D eigenvalue weighted by atomic mass is 16.5. The molecule has 1 fully saturated rings. The van der Waals surface area contributed by atoms with Crippen LogP contribution in [0, 0.1) is 5.92 Å². The zero-order valence-electron chi connectivity index (χ0n) is 23.0. The van der Waals surface area contributed by atoms with Crippen molar-refractivity contribution in [1.82, 2.24) is 29.8 Å². The number of nitrogens with one attached hydrogen (secondary N) is 1. The second kappa shape index (κ2) is 13.7. The van der Waals surface area contributed by atoms with Crippen molar-refractivity contribution in [2.45, 2.75) is 52.0 Å². The summed E-state index contributed by atoms with van der Waals surface area (Å²) < 4.78 is 13.4. The van der Waals surface area contributed by atoms with Gasteiger partial charge in [-0.05, 0) is 19.4 Å². The van der Waals surface area contributed by atoms with Crippen molar-refractivity contribution in [3.05, 3.63) is 30.2 Å². The van der Waals surface area contributed by atoms with Crippen LogP contribution in [0.2, 0.25) is 0 Å². The van der Waals surface area contributed by atoms with Crippen LogP contribution >= 0.6 is 0 Å². The summed E-state index contributed by atoms with van der Waals surface area (Å²) in [6.45, 7) is 8.01. The van der Waals surface area contributed by atoms with Crippen LogP contribution in [0.4, 0.5) is 16.3 Å². The van der Waals surface area contributed by atoms with Gasteiger partial charge in [-0.25, -0.2) is 9.78 Å². The maximum Gasteiger partial charge on any atom is 0.321 e. The van der Waals surface area contributed by atoms with E-state index < -0.39 is 6.10 Å². The molecule has 2 bridgehead atoms. The van der Waals surface area contributed by atoms with Gasteiger partial charge in [0.25, 0.3) is 0 Å². The molecule has 2 aliphatic rings. The van der Waals surface area contributed by atoms with Crippen LogP contribution in [-0.4, -0.2) is 112 Å². The van der Waals surface area contributed by atoms with Crippen LogP contribution in [0.25, 0.3) is 0 Å². The van der Waals surface area contributed by atoms with E-state index in [9.17, 15) is 14.7 Å². The van der Waals surface area contributed by atoms with Crippen LogP contribution in [0.15, 0.2) is 24.5 Å². The quantitative estimate of drug-likeness (QED) is 0.549. The SMILES string of the molecule is C[C@H](CO)N1C[C@H](C)[C@H](CN(C)C(=O)Nc2ccnc(N3CCOCC3)c2)OCc2cn(nn2)CCCC1=O. The zero-order valence-corrected chi connectivity index (χ0v) is 23.0. The number of urea groups is 1. The number of hydrogen-bond acceptors (Lipinski definition) is 9. The average molecular weight is 545 g/mol. The van der Waals surface area contributed by atoms with Crippen LogP contribution in [-0.2, 0) is 27.4 Å². The van der Waals surface area contributed by atoms with Gasteiger partial charge in [-0.1, -0.05) is 12.1 Å². The average Bonchev–Trinajstić information content (AvgIpc) is 3.41. The molecule has 4 heterocycles. The van der Waals surface area contributed by atoms with Crippen LogP contribution in [0.1, 0.15) is 32.4 Å². The minimum absolute atomic E-state index is 0.0263. The molecule has 1 saturated heterocycles. The molecule has 13 heteroatoms. The van der Waals surface area contributed by atoms with Crippen LogP contribution in [0.5, 0.6) is 0 Å². The molecule has 3 amide bonds. The third kappa shape index (κ3) is 7.87. The molecule has 0 unspecified atom stereocenters. The summed E-state index contributed by atoms with van der Waals surface area (Å²) in [7, 11) is 1.71. The fraction of sp³-hybridized carbons (Fsp3) is 0.654. The van der Waals surface area contributed by atoms with E-state index in [0.717, 1.165) is 18.9 Å². The number of pyridine rings is 1. The maximum atomic E-state index is 13.2. The standard InChI is InChI=1S/C26H40N8O5/c1-19-14-34(20(2)17-35)25(36)5-4-8-33-15-22(29-30-33)18-39-23(19)16-31(3)26(37)28-21-6-7-27-24(13-21)32-9-11-38-12-10-32/h6-7,13,15,19-20,23,35H,4-5,8-12,14,16-18H2,1-3H3,(H,27,28,37)/t19-,20+,23-/m0/s1. The Balaban J connectivity index is 1.45. The number of rotatable bonds is 6. The Labute approximate surface area is 229 Å². The van der Waals surface area contributed by atoms with Crippen molar-refractivity contribution < 1.29 is 24.2 Å². The summed E-state index contributed by atoms with van der Waals surface area (Å²) in [5, 5.41) is 21.1. The lowest BCUT2D eigenvalue weighted by Gasteiger charge is -2.35. The number of carbonyl (C=O) groups excluding carboxylic acids is 2. The number of anilines is 2. The Kier molecular flexibility index (Phi) is 10.1. The molecule has 0 radical (unpaired) electrons.